The summed E-state index contributed by atoms with van der Waals surface area (Å²) in [5.41, 5.74) is 3.42. The molecule has 11 heteroatoms. The quantitative estimate of drug-likeness (QED) is 0.331. The van der Waals surface area contributed by atoms with Crippen LogP contribution < -0.4 is 10.0 Å². The number of sulfonamides is 1. The topological polar surface area (TPSA) is 154 Å². The first-order valence-corrected chi connectivity index (χ1v) is 13.4. The minimum atomic E-state index is -3.90. The largest absolute Gasteiger partial charge is 0.445 e. The molecule has 5 rings (SSSR count). The number of rotatable bonds is 7. The van der Waals surface area contributed by atoms with Crippen molar-refractivity contribution >= 4 is 33.1 Å². The summed E-state index contributed by atoms with van der Waals surface area (Å²) in [6, 6.07) is 22.9. The Morgan fingerprint density at radius 2 is 1.87 bits per heavy atom. The van der Waals surface area contributed by atoms with Gasteiger partial charge in [0.15, 0.2) is 0 Å². The molecule has 1 aliphatic rings. The number of carbonyl (C=O) groups excluding carboxylic acids is 2. The SMILES string of the molecule is N#Cc1cc(C[C@H](NC(=O)OCc2ccccc2)c2nc3ccccc3[nH]2)ccc1C1CC(=O)NS1(=O)=O. The van der Waals surface area contributed by atoms with Crippen LogP contribution in [0, 0.1) is 11.3 Å². The van der Waals surface area contributed by atoms with E-state index < -0.39 is 33.3 Å². The second kappa shape index (κ2) is 10.4. The highest BCUT2D eigenvalue weighted by Gasteiger charge is 2.39. The summed E-state index contributed by atoms with van der Waals surface area (Å²) in [7, 11) is -3.90. The fourth-order valence-electron chi connectivity index (χ4n) is 4.43. The Bertz CT molecular complexity index is 1630. The Balaban J connectivity index is 1.41. The van der Waals surface area contributed by atoms with Crippen molar-refractivity contribution in [3.8, 4) is 6.07 Å². The Labute approximate surface area is 218 Å². The number of carbonyl (C=O) groups is 2. The van der Waals surface area contributed by atoms with E-state index in [0.29, 0.717) is 11.4 Å². The van der Waals surface area contributed by atoms with Gasteiger partial charge in [0.2, 0.25) is 15.9 Å². The van der Waals surface area contributed by atoms with Crippen LogP contribution in [0.25, 0.3) is 11.0 Å². The summed E-state index contributed by atoms with van der Waals surface area (Å²) in [6.07, 6.45) is -0.644. The lowest BCUT2D eigenvalue weighted by atomic mass is 9.97. The lowest BCUT2D eigenvalue weighted by Crippen LogP contribution is -2.31. The number of nitrogens with zero attached hydrogens (tertiary/aromatic N) is 2. The Kier molecular flexibility index (Phi) is 6.81. The highest BCUT2D eigenvalue weighted by atomic mass is 32.2. The number of benzene rings is 3. The van der Waals surface area contributed by atoms with Gasteiger partial charge in [-0.1, -0.05) is 54.6 Å². The Morgan fingerprint density at radius 1 is 1.11 bits per heavy atom. The standard InChI is InChI=1S/C27H23N5O5S/c28-15-19-12-18(10-11-20(19)24-14-25(33)32-38(24,35)36)13-23(26-29-21-8-4-5-9-22(21)30-26)31-27(34)37-16-17-6-2-1-3-7-17/h1-12,23-24H,13-14,16H2,(H,29,30)(H,31,34)(H,32,33)/t23-,24?/m0/s1. The van der Waals surface area contributed by atoms with Crippen molar-refractivity contribution in [2.75, 3.05) is 0 Å². The molecule has 2 heterocycles. The fraction of sp³-hybridized carbons (Fsp3) is 0.185. The number of hydrogen-bond acceptors (Lipinski definition) is 7. The van der Waals surface area contributed by atoms with Gasteiger partial charge in [0, 0.05) is 6.42 Å². The number of nitrogens with one attached hydrogen (secondary N) is 3. The van der Waals surface area contributed by atoms with Gasteiger partial charge in [0.1, 0.15) is 17.7 Å². The van der Waals surface area contributed by atoms with Crippen LogP contribution >= 0.6 is 0 Å². The number of imidazole rings is 1. The lowest BCUT2D eigenvalue weighted by molar-refractivity contribution is -0.118. The maximum Gasteiger partial charge on any atom is 0.408 e. The monoisotopic (exact) mass is 529 g/mol. The average molecular weight is 530 g/mol. The van der Waals surface area contributed by atoms with Crippen molar-refractivity contribution in [3.63, 3.8) is 0 Å². The van der Waals surface area contributed by atoms with Crippen LogP contribution in [-0.2, 0) is 32.6 Å². The van der Waals surface area contributed by atoms with Crippen LogP contribution in [0.15, 0.2) is 72.8 Å². The zero-order valence-electron chi connectivity index (χ0n) is 20.0. The molecule has 1 aromatic heterocycles. The second-order valence-electron chi connectivity index (χ2n) is 8.90. The molecule has 4 aromatic rings. The predicted octanol–water partition coefficient (Wildman–Crippen LogP) is 3.54. The molecule has 3 aromatic carbocycles. The minimum Gasteiger partial charge on any atom is -0.445 e. The number of aromatic amines is 1. The summed E-state index contributed by atoms with van der Waals surface area (Å²) < 4.78 is 32.1. The minimum absolute atomic E-state index is 0.0927. The van der Waals surface area contributed by atoms with Gasteiger partial charge < -0.3 is 15.0 Å². The number of H-pyrrole nitrogens is 1. The molecule has 10 nitrogen and oxygen atoms in total. The van der Waals surface area contributed by atoms with Gasteiger partial charge in [-0.15, -0.1) is 0 Å². The van der Waals surface area contributed by atoms with Crippen molar-refractivity contribution in [2.45, 2.75) is 30.7 Å². The van der Waals surface area contributed by atoms with E-state index in [0.717, 1.165) is 16.6 Å². The molecule has 2 amide bonds. The van der Waals surface area contributed by atoms with E-state index in [9.17, 15) is 23.3 Å². The van der Waals surface area contributed by atoms with E-state index in [-0.39, 0.29) is 30.6 Å². The van der Waals surface area contributed by atoms with Crippen LogP contribution in [0.5, 0.6) is 0 Å². The summed E-state index contributed by atoms with van der Waals surface area (Å²) in [5, 5.41) is 11.5. The third-order valence-corrected chi connectivity index (χ3v) is 7.95. The number of hydrogen-bond donors (Lipinski definition) is 3. The normalized spacial score (nSPS) is 16.9. The van der Waals surface area contributed by atoms with Crippen molar-refractivity contribution in [1.29, 1.82) is 5.26 Å². The van der Waals surface area contributed by atoms with Gasteiger partial charge in [-0.05, 0) is 34.9 Å². The van der Waals surface area contributed by atoms with Crippen LogP contribution in [0.3, 0.4) is 0 Å². The summed E-state index contributed by atoms with van der Waals surface area (Å²) >= 11 is 0. The fourth-order valence-corrected chi connectivity index (χ4v) is 5.88. The Hall–Kier alpha value is -4.69. The average Bonchev–Trinajstić information content (AvgIpc) is 3.46. The molecule has 0 saturated carbocycles. The lowest BCUT2D eigenvalue weighted by Gasteiger charge is -2.18. The van der Waals surface area contributed by atoms with Gasteiger partial charge >= 0.3 is 6.09 Å². The predicted molar refractivity (Wildman–Crippen MR) is 138 cm³/mol. The van der Waals surface area contributed by atoms with Gasteiger partial charge in [-0.25, -0.2) is 18.2 Å². The maximum atomic E-state index is 12.7. The summed E-state index contributed by atoms with van der Waals surface area (Å²) in [6.45, 7) is 0.0927. The van der Waals surface area contributed by atoms with Gasteiger partial charge in [0.25, 0.3) is 0 Å². The molecule has 2 atom stereocenters. The van der Waals surface area contributed by atoms with Gasteiger partial charge in [-0.3, -0.25) is 9.52 Å². The first kappa shape index (κ1) is 25.0. The Morgan fingerprint density at radius 3 is 2.58 bits per heavy atom. The molecule has 1 aliphatic heterocycles. The molecule has 1 saturated heterocycles. The highest BCUT2D eigenvalue weighted by Crippen LogP contribution is 2.33. The molecule has 3 N–H and O–H groups in total. The number of nitriles is 1. The van der Waals surface area contributed by atoms with Crippen molar-refractivity contribution in [2.24, 2.45) is 0 Å². The molecular weight excluding hydrogens is 506 g/mol. The van der Waals surface area contributed by atoms with E-state index >= 15 is 0 Å². The van der Waals surface area contributed by atoms with E-state index in [4.69, 9.17) is 4.74 Å². The number of para-hydroxylation sites is 2. The van der Waals surface area contributed by atoms with Crippen LogP contribution in [0.4, 0.5) is 4.79 Å². The second-order valence-corrected chi connectivity index (χ2v) is 10.8. The van der Waals surface area contributed by atoms with Crippen LogP contribution in [0.1, 0.15) is 45.8 Å². The third kappa shape index (κ3) is 5.35. The molecule has 192 valence electrons. The van der Waals surface area contributed by atoms with E-state index in [1.54, 1.807) is 18.2 Å². The number of aromatic nitrogens is 2. The number of fused-ring (bicyclic) bond motifs is 1. The van der Waals surface area contributed by atoms with Crippen molar-refractivity contribution < 1.29 is 22.7 Å². The first-order valence-electron chi connectivity index (χ1n) is 11.8. The maximum absolute atomic E-state index is 12.7. The van der Waals surface area contributed by atoms with E-state index in [1.807, 2.05) is 65.4 Å². The number of ether oxygens (including phenoxy) is 1. The first-order chi connectivity index (χ1) is 18.3. The van der Waals surface area contributed by atoms with E-state index in [2.05, 4.69) is 15.3 Å². The smallest absolute Gasteiger partial charge is 0.408 e. The molecule has 38 heavy (non-hydrogen) atoms. The van der Waals surface area contributed by atoms with Gasteiger partial charge in [0.05, 0.1) is 35.1 Å². The molecule has 1 unspecified atom stereocenters. The van der Waals surface area contributed by atoms with Crippen LogP contribution in [0.2, 0.25) is 0 Å². The molecule has 0 radical (unpaired) electrons. The highest BCUT2D eigenvalue weighted by molar-refractivity contribution is 7.90. The molecule has 0 aliphatic carbocycles. The molecule has 0 spiro atoms. The van der Waals surface area contributed by atoms with Crippen molar-refractivity contribution in [3.05, 3.63) is 101 Å². The molecule has 0 bridgehead atoms. The van der Waals surface area contributed by atoms with E-state index in [1.165, 1.54) is 0 Å². The zero-order valence-corrected chi connectivity index (χ0v) is 20.9. The number of amides is 2. The molecular formula is C27H23N5O5S. The number of alkyl carbamates (subject to hydrolysis) is 1. The van der Waals surface area contributed by atoms with Crippen molar-refractivity contribution in [1.82, 2.24) is 20.0 Å². The summed E-state index contributed by atoms with van der Waals surface area (Å²) in [5.74, 6) is -0.107. The summed E-state index contributed by atoms with van der Waals surface area (Å²) in [4.78, 5) is 32.3. The van der Waals surface area contributed by atoms with Crippen LogP contribution in [-0.4, -0.2) is 30.4 Å². The third-order valence-electron chi connectivity index (χ3n) is 6.27. The zero-order chi connectivity index (χ0) is 26.7. The van der Waals surface area contributed by atoms with Gasteiger partial charge in [-0.2, -0.15) is 5.26 Å². The molecule has 1 fully saturated rings.